The molecule has 3 nitrogen and oxygen atoms in total. The van der Waals surface area contributed by atoms with Crippen LogP contribution in [0.1, 0.15) is 41.6 Å². The van der Waals surface area contributed by atoms with Crippen LogP contribution in [0.2, 0.25) is 0 Å². The highest BCUT2D eigenvalue weighted by Crippen LogP contribution is 2.35. The molecule has 1 aromatic rings. The quantitative estimate of drug-likeness (QED) is 0.925. The lowest BCUT2D eigenvalue weighted by atomic mass is 10.0. The zero-order valence-corrected chi connectivity index (χ0v) is 10.6. The van der Waals surface area contributed by atoms with Gasteiger partial charge in [-0.2, -0.15) is 13.2 Å². The van der Waals surface area contributed by atoms with Crippen LogP contribution < -0.4 is 5.73 Å². The average Bonchev–Trinajstić information content (AvgIpc) is 2.79. The van der Waals surface area contributed by atoms with Crippen LogP contribution >= 0.6 is 11.3 Å². The topological polar surface area (TPSA) is 48.1 Å². The molecular formula is C11H15F3N2OS. The summed E-state index contributed by atoms with van der Waals surface area (Å²) in [7, 11) is 0. The molecule has 1 aliphatic rings. The Hall–Kier alpha value is -0.660. The maximum Gasteiger partial charge on any atom is 0.443 e. The molecule has 1 saturated heterocycles. The van der Waals surface area contributed by atoms with Gasteiger partial charge in [0.25, 0.3) is 0 Å². The maximum atomic E-state index is 12.4. The summed E-state index contributed by atoms with van der Waals surface area (Å²) in [6, 6.07) is -0.429. The summed E-state index contributed by atoms with van der Waals surface area (Å²) >= 11 is 0.620. The molecule has 2 unspecified atom stereocenters. The molecule has 0 radical (unpaired) electrons. The van der Waals surface area contributed by atoms with Gasteiger partial charge in [0.1, 0.15) is 0 Å². The first-order valence-electron chi connectivity index (χ1n) is 5.87. The van der Waals surface area contributed by atoms with Gasteiger partial charge < -0.3 is 10.5 Å². The van der Waals surface area contributed by atoms with Crippen molar-refractivity contribution in [2.75, 3.05) is 6.61 Å². The van der Waals surface area contributed by atoms with Gasteiger partial charge >= 0.3 is 6.18 Å². The first-order chi connectivity index (χ1) is 8.47. The second-order valence-corrected chi connectivity index (χ2v) is 5.46. The maximum absolute atomic E-state index is 12.4. The molecule has 0 spiro atoms. The van der Waals surface area contributed by atoms with Crippen LogP contribution in [0.15, 0.2) is 6.20 Å². The monoisotopic (exact) mass is 280 g/mol. The molecule has 0 amide bonds. The fourth-order valence-corrected chi connectivity index (χ4v) is 2.78. The van der Waals surface area contributed by atoms with Gasteiger partial charge in [0.05, 0.1) is 6.10 Å². The van der Waals surface area contributed by atoms with Gasteiger partial charge in [0, 0.05) is 23.7 Å². The third kappa shape index (κ3) is 3.43. The molecule has 18 heavy (non-hydrogen) atoms. The summed E-state index contributed by atoms with van der Waals surface area (Å²) in [5, 5.41) is -0.836. The molecule has 2 atom stereocenters. The van der Waals surface area contributed by atoms with Crippen LogP contribution in [0, 0.1) is 0 Å². The largest absolute Gasteiger partial charge is 0.443 e. The zero-order valence-electron chi connectivity index (χ0n) is 9.74. The summed E-state index contributed by atoms with van der Waals surface area (Å²) in [4.78, 5) is 3.84. The molecule has 2 rings (SSSR count). The Kier molecular flexibility index (Phi) is 4.24. The van der Waals surface area contributed by atoms with E-state index in [0.717, 1.165) is 19.3 Å². The van der Waals surface area contributed by atoms with Crippen LogP contribution in [0.4, 0.5) is 13.2 Å². The van der Waals surface area contributed by atoms with Crippen LogP contribution in [0.3, 0.4) is 0 Å². The first-order valence-corrected chi connectivity index (χ1v) is 6.68. The normalized spacial score (nSPS) is 23.0. The number of nitrogens with two attached hydrogens (primary N) is 1. The Morgan fingerprint density at radius 2 is 2.28 bits per heavy atom. The number of thiazole rings is 1. The van der Waals surface area contributed by atoms with E-state index in [1.807, 2.05) is 0 Å². The molecule has 7 heteroatoms. The average molecular weight is 280 g/mol. The lowest BCUT2D eigenvalue weighted by Gasteiger charge is -2.24. The van der Waals surface area contributed by atoms with E-state index in [2.05, 4.69) is 4.98 Å². The van der Waals surface area contributed by atoms with Crippen molar-refractivity contribution in [3.05, 3.63) is 16.1 Å². The molecule has 1 fully saturated rings. The van der Waals surface area contributed by atoms with Crippen molar-refractivity contribution in [2.24, 2.45) is 5.73 Å². The number of ether oxygens (including phenoxy) is 1. The van der Waals surface area contributed by atoms with E-state index in [-0.39, 0.29) is 6.10 Å². The van der Waals surface area contributed by atoms with Crippen LogP contribution in [-0.2, 0) is 10.9 Å². The predicted molar refractivity (Wildman–Crippen MR) is 62.3 cm³/mol. The molecule has 2 heterocycles. The van der Waals surface area contributed by atoms with Gasteiger partial charge in [-0.3, -0.25) is 0 Å². The van der Waals surface area contributed by atoms with Gasteiger partial charge in [-0.25, -0.2) is 4.98 Å². The standard InChI is InChI=1S/C11H15F3N2OS/c12-11(13,14)10-16-6-9(18-10)8(15)5-7-3-1-2-4-17-7/h6-8H,1-5,15H2. The minimum atomic E-state index is -4.38. The van der Waals surface area contributed by atoms with Crippen molar-refractivity contribution in [1.29, 1.82) is 0 Å². The highest BCUT2D eigenvalue weighted by Gasteiger charge is 2.35. The summed E-state index contributed by atoms with van der Waals surface area (Å²) in [6.07, 6.45) is 0.520. The van der Waals surface area contributed by atoms with Crippen molar-refractivity contribution in [1.82, 2.24) is 4.98 Å². The highest BCUT2D eigenvalue weighted by atomic mass is 32.1. The number of aromatic nitrogens is 1. The molecular weight excluding hydrogens is 265 g/mol. The van der Waals surface area contributed by atoms with Gasteiger partial charge in [-0.05, 0) is 25.7 Å². The van der Waals surface area contributed by atoms with Crippen molar-refractivity contribution in [2.45, 2.75) is 44.0 Å². The number of rotatable bonds is 3. The summed E-state index contributed by atoms with van der Waals surface area (Å²) in [5.74, 6) is 0. The Balaban J connectivity index is 1.96. The van der Waals surface area contributed by atoms with E-state index in [1.54, 1.807) is 0 Å². The Labute approximate surface area is 107 Å². The Bertz CT molecular complexity index is 388. The van der Waals surface area contributed by atoms with Gasteiger partial charge in [-0.1, -0.05) is 0 Å². The van der Waals surface area contributed by atoms with Crippen molar-refractivity contribution < 1.29 is 17.9 Å². The third-order valence-corrected chi connectivity index (χ3v) is 4.10. The third-order valence-electron chi connectivity index (χ3n) is 2.92. The molecule has 1 aromatic heterocycles. The van der Waals surface area contributed by atoms with Crippen LogP contribution in [0.5, 0.6) is 0 Å². The van der Waals surface area contributed by atoms with Crippen molar-refractivity contribution in [3.63, 3.8) is 0 Å². The van der Waals surface area contributed by atoms with Gasteiger partial charge in [0.15, 0.2) is 5.01 Å². The fourth-order valence-electron chi connectivity index (χ4n) is 1.98. The van der Waals surface area contributed by atoms with E-state index < -0.39 is 17.2 Å². The van der Waals surface area contributed by atoms with Gasteiger partial charge in [0.2, 0.25) is 0 Å². The van der Waals surface area contributed by atoms with Crippen LogP contribution in [-0.4, -0.2) is 17.7 Å². The van der Waals surface area contributed by atoms with E-state index in [4.69, 9.17) is 10.5 Å². The second kappa shape index (κ2) is 5.54. The fraction of sp³-hybridized carbons (Fsp3) is 0.727. The molecule has 1 aliphatic heterocycles. The number of nitrogens with zero attached hydrogens (tertiary/aromatic N) is 1. The summed E-state index contributed by atoms with van der Waals surface area (Å²) in [6.45, 7) is 0.716. The predicted octanol–water partition coefficient (Wildman–Crippen LogP) is 3.12. The highest BCUT2D eigenvalue weighted by molar-refractivity contribution is 7.11. The molecule has 2 N–H and O–H groups in total. The van der Waals surface area contributed by atoms with Gasteiger partial charge in [-0.15, -0.1) is 11.3 Å². The van der Waals surface area contributed by atoms with E-state index in [1.165, 1.54) is 6.20 Å². The summed E-state index contributed by atoms with van der Waals surface area (Å²) in [5.41, 5.74) is 5.91. The lowest BCUT2D eigenvalue weighted by Crippen LogP contribution is -2.24. The van der Waals surface area contributed by atoms with E-state index >= 15 is 0 Å². The number of halogens is 3. The SMILES string of the molecule is NC(CC1CCCCO1)c1cnc(C(F)(F)F)s1. The van der Waals surface area contributed by atoms with E-state index in [9.17, 15) is 13.2 Å². The minimum Gasteiger partial charge on any atom is -0.378 e. The van der Waals surface area contributed by atoms with E-state index in [0.29, 0.717) is 29.2 Å². The second-order valence-electron chi connectivity index (χ2n) is 4.40. The zero-order chi connectivity index (χ0) is 13.2. The molecule has 0 aromatic carbocycles. The molecule has 102 valence electrons. The molecule has 0 aliphatic carbocycles. The van der Waals surface area contributed by atoms with Crippen molar-refractivity contribution >= 4 is 11.3 Å². The Morgan fingerprint density at radius 3 is 2.83 bits per heavy atom. The Morgan fingerprint density at radius 1 is 1.50 bits per heavy atom. The smallest absolute Gasteiger partial charge is 0.378 e. The first kappa shape index (κ1) is 13.8. The minimum absolute atomic E-state index is 0.0604. The lowest BCUT2D eigenvalue weighted by molar-refractivity contribution is -0.137. The molecule has 0 saturated carbocycles. The van der Waals surface area contributed by atoms with Crippen molar-refractivity contribution in [3.8, 4) is 0 Å². The number of hydrogen-bond acceptors (Lipinski definition) is 4. The summed E-state index contributed by atoms with van der Waals surface area (Å²) < 4.78 is 42.7. The molecule has 0 bridgehead atoms. The number of alkyl halides is 3. The van der Waals surface area contributed by atoms with Crippen LogP contribution in [0.25, 0.3) is 0 Å². The number of hydrogen-bond donors (Lipinski definition) is 1.